The van der Waals surface area contributed by atoms with Gasteiger partial charge in [-0.05, 0) is 12.1 Å². The maximum Gasteiger partial charge on any atom is 0.142 e. The average molecular weight is 224 g/mol. The van der Waals surface area contributed by atoms with Crippen molar-refractivity contribution in [1.29, 1.82) is 0 Å². The van der Waals surface area contributed by atoms with Crippen molar-refractivity contribution in [3.63, 3.8) is 0 Å². The SMILES string of the molecule is NC[C@H](O)c1c(Cl)ccc(F)c1Cl. The number of nitrogens with two attached hydrogens (primary N) is 1. The van der Waals surface area contributed by atoms with Crippen LogP contribution in [0.25, 0.3) is 0 Å². The summed E-state index contributed by atoms with van der Waals surface area (Å²) in [6, 6.07) is 2.47. The summed E-state index contributed by atoms with van der Waals surface area (Å²) in [7, 11) is 0. The van der Waals surface area contributed by atoms with E-state index in [2.05, 4.69) is 0 Å². The minimum absolute atomic E-state index is 0.0527. The maximum atomic E-state index is 12.9. The molecule has 1 rings (SSSR count). The second-order valence-corrected chi connectivity index (χ2v) is 3.29. The van der Waals surface area contributed by atoms with Gasteiger partial charge in [-0.3, -0.25) is 0 Å². The molecule has 13 heavy (non-hydrogen) atoms. The van der Waals surface area contributed by atoms with E-state index in [1.807, 2.05) is 0 Å². The third-order valence-corrected chi connectivity index (χ3v) is 2.35. The van der Waals surface area contributed by atoms with Crippen LogP contribution >= 0.6 is 23.2 Å². The lowest BCUT2D eigenvalue weighted by Crippen LogP contribution is -2.12. The van der Waals surface area contributed by atoms with Gasteiger partial charge in [0.2, 0.25) is 0 Å². The van der Waals surface area contributed by atoms with Crippen LogP contribution in [0, 0.1) is 5.82 Å². The summed E-state index contributed by atoms with van der Waals surface area (Å²) < 4.78 is 12.9. The Kier molecular flexibility index (Phi) is 3.50. The second-order valence-electron chi connectivity index (χ2n) is 2.51. The lowest BCUT2D eigenvalue weighted by Gasteiger charge is -2.12. The highest BCUT2D eigenvalue weighted by Gasteiger charge is 2.16. The Morgan fingerprint density at radius 1 is 1.46 bits per heavy atom. The van der Waals surface area contributed by atoms with Crippen LogP contribution in [-0.2, 0) is 0 Å². The van der Waals surface area contributed by atoms with E-state index in [1.165, 1.54) is 6.07 Å². The molecule has 0 radical (unpaired) electrons. The Bertz CT molecular complexity index is 319. The number of rotatable bonds is 2. The van der Waals surface area contributed by atoms with Gasteiger partial charge in [0.05, 0.1) is 11.1 Å². The molecule has 72 valence electrons. The number of halogens is 3. The smallest absolute Gasteiger partial charge is 0.142 e. The lowest BCUT2D eigenvalue weighted by atomic mass is 10.1. The summed E-state index contributed by atoms with van der Waals surface area (Å²) >= 11 is 11.3. The molecule has 1 aromatic rings. The van der Waals surface area contributed by atoms with Gasteiger partial charge in [0.25, 0.3) is 0 Å². The van der Waals surface area contributed by atoms with Gasteiger partial charge in [-0.2, -0.15) is 0 Å². The normalized spacial score (nSPS) is 13.0. The van der Waals surface area contributed by atoms with Gasteiger partial charge in [-0.15, -0.1) is 0 Å². The van der Waals surface area contributed by atoms with Gasteiger partial charge in [-0.25, -0.2) is 4.39 Å². The molecule has 0 fully saturated rings. The molecule has 2 nitrogen and oxygen atoms in total. The topological polar surface area (TPSA) is 46.2 Å². The highest BCUT2D eigenvalue weighted by atomic mass is 35.5. The third kappa shape index (κ3) is 2.11. The van der Waals surface area contributed by atoms with Gasteiger partial charge in [0, 0.05) is 17.1 Å². The lowest BCUT2D eigenvalue weighted by molar-refractivity contribution is 0.186. The van der Waals surface area contributed by atoms with Crippen LogP contribution in [-0.4, -0.2) is 11.7 Å². The van der Waals surface area contributed by atoms with Crippen molar-refractivity contribution in [2.75, 3.05) is 6.54 Å². The first-order valence-corrected chi connectivity index (χ1v) is 4.35. The van der Waals surface area contributed by atoms with Gasteiger partial charge in [0.15, 0.2) is 0 Å². The van der Waals surface area contributed by atoms with E-state index in [0.29, 0.717) is 0 Å². The standard InChI is InChI=1S/C8H8Cl2FNO/c9-4-1-2-5(11)8(10)7(4)6(13)3-12/h1-2,6,13H,3,12H2/t6-/m0/s1. The van der Waals surface area contributed by atoms with Crippen molar-refractivity contribution in [2.45, 2.75) is 6.10 Å². The third-order valence-electron chi connectivity index (χ3n) is 1.64. The molecule has 0 saturated heterocycles. The molecule has 0 amide bonds. The fraction of sp³-hybridized carbons (Fsp3) is 0.250. The summed E-state index contributed by atoms with van der Waals surface area (Å²) in [6.45, 7) is -0.0527. The highest BCUT2D eigenvalue weighted by molar-refractivity contribution is 6.36. The molecule has 0 aliphatic rings. The quantitative estimate of drug-likeness (QED) is 0.755. The fourth-order valence-electron chi connectivity index (χ4n) is 0.966. The van der Waals surface area contributed by atoms with Crippen molar-refractivity contribution in [3.8, 4) is 0 Å². The van der Waals surface area contributed by atoms with Crippen LogP contribution in [0.4, 0.5) is 4.39 Å². The first-order valence-electron chi connectivity index (χ1n) is 3.59. The van der Waals surface area contributed by atoms with E-state index >= 15 is 0 Å². The second kappa shape index (κ2) is 4.24. The van der Waals surface area contributed by atoms with E-state index in [1.54, 1.807) is 0 Å². The van der Waals surface area contributed by atoms with Gasteiger partial charge in [-0.1, -0.05) is 23.2 Å². The molecule has 0 unspecified atom stereocenters. The highest BCUT2D eigenvalue weighted by Crippen LogP contribution is 2.31. The number of benzene rings is 1. The summed E-state index contributed by atoms with van der Waals surface area (Å²) in [4.78, 5) is 0. The summed E-state index contributed by atoms with van der Waals surface area (Å²) in [6.07, 6.45) is -1.03. The Hall–Kier alpha value is -0.350. The zero-order valence-electron chi connectivity index (χ0n) is 6.60. The van der Waals surface area contributed by atoms with Gasteiger partial charge >= 0.3 is 0 Å². The summed E-state index contributed by atoms with van der Waals surface area (Å²) in [5, 5.41) is 9.39. The van der Waals surface area contributed by atoms with Crippen molar-refractivity contribution < 1.29 is 9.50 Å². The molecule has 1 aromatic carbocycles. The summed E-state index contributed by atoms with van der Waals surface area (Å²) in [5.74, 6) is -0.617. The molecule has 0 aliphatic heterocycles. The average Bonchev–Trinajstić information content (AvgIpc) is 2.12. The molecule has 5 heteroatoms. The number of hydrogen-bond donors (Lipinski definition) is 2. The first-order chi connectivity index (χ1) is 6.07. The molecule has 0 bridgehead atoms. The van der Waals surface area contributed by atoms with Gasteiger partial charge in [0.1, 0.15) is 5.82 Å². The largest absolute Gasteiger partial charge is 0.387 e. The van der Waals surface area contributed by atoms with E-state index in [-0.39, 0.29) is 22.2 Å². The monoisotopic (exact) mass is 223 g/mol. The van der Waals surface area contributed by atoms with Crippen molar-refractivity contribution in [2.24, 2.45) is 5.73 Å². The Labute approximate surface area is 85.1 Å². The van der Waals surface area contributed by atoms with E-state index < -0.39 is 11.9 Å². The minimum atomic E-state index is -1.03. The van der Waals surface area contributed by atoms with Crippen LogP contribution in [0.15, 0.2) is 12.1 Å². The molecule has 0 spiro atoms. The first kappa shape index (κ1) is 10.7. The zero-order chi connectivity index (χ0) is 10.0. The molecule has 3 N–H and O–H groups in total. The zero-order valence-corrected chi connectivity index (χ0v) is 8.11. The molecule has 1 atom stereocenters. The minimum Gasteiger partial charge on any atom is -0.387 e. The van der Waals surface area contributed by atoms with Crippen LogP contribution in [0.5, 0.6) is 0 Å². The molecule has 0 heterocycles. The van der Waals surface area contributed by atoms with Crippen LogP contribution in [0.2, 0.25) is 10.0 Å². The Morgan fingerprint density at radius 2 is 2.08 bits per heavy atom. The number of hydrogen-bond acceptors (Lipinski definition) is 2. The molecule has 0 saturated carbocycles. The molecular weight excluding hydrogens is 216 g/mol. The van der Waals surface area contributed by atoms with Crippen molar-refractivity contribution in [3.05, 3.63) is 33.6 Å². The predicted molar refractivity (Wildman–Crippen MR) is 50.4 cm³/mol. The number of aliphatic hydroxyl groups is 1. The van der Waals surface area contributed by atoms with Crippen molar-refractivity contribution in [1.82, 2.24) is 0 Å². The Morgan fingerprint density at radius 3 is 2.62 bits per heavy atom. The molecule has 0 aromatic heterocycles. The molecular formula is C8H8Cl2FNO. The predicted octanol–water partition coefficient (Wildman–Crippen LogP) is 2.12. The fourth-order valence-corrected chi connectivity index (χ4v) is 1.59. The van der Waals surface area contributed by atoms with Gasteiger partial charge < -0.3 is 10.8 Å². The van der Waals surface area contributed by atoms with Crippen LogP contribution < -0.4 is 5.73 Å². The van der Waals surface area contributed by atoms with E-state index in [0.717, 1.165) is 6.07 Å². The van der Waals surface area contributed by atoms with E-state index in [9.17, 15) is 9.50 Å². The molecule has 0 aliphatic carbocycles. The Balaban J connectivity index is 3.25. The van der Waals surface area contributed by atoms with Crippen LogP contribution in [0.3, 0.4) is 0 Å². The van der Waals surface area contributed by atoms with Crippen LogP contribution in [0.1, 0.15) is 11.7 Å². The maximum absolute atomic E-state index is 12.9. The number of aliphatic hydroxyl groups excluding tert-OH is 1. The van der Waals surface area contributed by atoms with E-state index in [4.69, 9.17) is 28.9 Å². The van der Waals surface area contributed by atoms with Crippen molar-refractivity contribution >= 4 is 23.2 Å². The summed E-state index contributed by atoms with van der Waals surface area (Å²) in [5.41, 5.74) is 5.35.